The van der Waals surface area contributed by atoms with Gasteiger partial charge >= 0.3 is 5.97 Å². The van der Waals surface area contributed by atoms with Gasteiger partial charge in [-0.25, -0.2) is 0 Å². The lowest BCUT2D eigenvalue weighted by atomic mass is 9.91. The largest absolute Gasteiger partial charge is 0.358 e. The average Bonchev–Trinajstić information content (AvgIpc) is 2.00. The van der Waals surface area contributed by atoms with E-state index in [9.17, 15) is 4.79 Å². The van der Waals surface area contributed by atoms with Crippen LogP contribution in [0.2, 0.25) is 0 Å². The summed E-state index contributed by atoms with van der Waals surface area (Å²) in [6.07, 6.45) is 0.646. The average molecular weight is 157 g/mol. The van der Waals surface area contributed by atoms with Crippen molar-refractivity contribution in [1.29, 1.82) is 0 Å². The quantitative estimate of drug-likeness (QED) is 0.272. The molecule has 0 aromatic rings. The highest BCUT2D eigenvalue weighted by atomic mass is 16.7. The van der Waals surface area contributed by atoms with Crippen molar-refractivity contribution < 1.29 is 9.63 Å². The number of carbonyl (C=O) groups is 1. The van der Waals surface area contributed by atoms with Crippen molar-refractivity contribution in [2.45, 2.75) is 27.2 Å². The Kier molecular flexibility index (Phi) is 3.40. The summed E-state index contributed by atoms with van der Waals surface area (Å²) in [4.78, 5) is 17.5. The van der Waals surface area contributed by atoms with Crippen LogP contribution in [0.5, 0.6) is 0 Å². The van der Waals surface area contributed by atoms with E-state index in [-0.39, 0.29) is 0 Å². The van der Waals surface area contributed by atoms with Gasteiger partial charge in [0.25, 0.3) is 0 Å². The second kappa shape index (κ2) is 3.83. The summed E-state index contributed by atoms with van der Waals surface area (Å²) in [5.74, 6) is -0.502. The molecule has 0 heterocycles. The van der Waals surface area contributed by atoms with Crippen LogP contribution in [0.25, 0.3) is 10.4 Å². The van der Waals surface area contributed by atoms with Crippen LogP contribution >= 0.6 is 0 Å². The van der Waals surface area contributed by atoms with E-state index in [1.807, 2.05) is 6.92 Å². The fourth-order valence-electron chi connectivity index (χ4n) is 0.323. The van der Waals surface area contributed by atoms with Crippen LogP contribution in [0.3, 0.4) is 0 Å². The maximum Gasteiger partial charge on any atom is 0.323 e. The van der Waals surface area contributed by atoms with E-state index in [4.69, 9.17) is 5.53 Å². The fourth-order valence-corrected chi connectivity index (χ4v) is 0.323. The summed E-state index contributed by atoms with van der Waals surface area (Å²) in [7, 11) is 0. The van der Waals surface area contributed by atoms with E-state index < -0.39 is 11.4 Å². The van der Waals surface area contributed by atoms with Gasteiger partial charge in [0.1, 0.15) is 5.28 Å². The Morgan fingerprint density at radius 3 is 2.64 bits per heavy atom. The lowest BCUT2D eigenvalue weighted by Gasteiger charge is -2.17. The van der Waals surface area contributed by atoms with Crippen molar-refractivity contribution in [2.75, 3.05) is 0 Å². The van der Waals surface area contributed by atoms with Crippen molar-refractivity contribution in [3.05, 3.63) is 10.4 Å². The van der Waals surface area contributed by atoms with Crippen LogP contribution in [-0.2, 0) is 9.63 Å². The molecule has 0 atom stereocenters. The maximum absolute atomic E-state index is 11.0. The maximum atomic E-state index is 11.0. The van der Waals surface area contributed by atoms with Gasteiger partial charge in [-0.1, -0.05) is 6.92 Å². The zero-order valence-corrected chi connectivity index (χ0v) is 6.87. The highest BCUT2D eigenvalue weighted by molar-refractivity contribution is 5.75. The predicted molar refractivity (Wildman–Crippen MR) is 39.3 cm³/mol. The standard InChI is InChI=1S/C6H11N3O2/c1-4-6(2,3)5(10)11-9-8-7/h4H2,1-3H3. The molecule has 0 aromatic carbocycles. The van der Waals surface area contributed by atoms with E-state index in [0.717, 1.165) is 0 Å². The first-order valence-electron chi connectivity index (χ1n) is 3.30. The number of rotatable bonds is 3. The number of nitrogens with zero attached hydrogens (tertiary/aromatic N) is 3. The Hall–Kier alpha value is -1.22. The zero-order chi connectivity index (χ0) is 8.91. The van der Waals surface area contributed by atoms with Gasteiger partial charge in [-0.15, -0.1) is 0 Å². The molecule has 0 unspecified atom stereocenters. The normalized spacial score (nSPS) is 10.1. The molecule has 0 bridgehead atoms. The third kappa shape index (κ3) is 2.91. The van der Waals surface area contributed by atoms with Crippen LogP contribution in [0.4, 0.5) is 0 Å². The summed E-state index contributed by atoms with van der Waals surface area (Å²) < 4.78 is 0. The number of hydrogen-bond donors (Lipinski definition) is 0. The Balaban J connectivity index is 4.12. The van der Waals surface area contributed by atoms with Gasteiger partial charge in [0.2, 0.25) is 0 Å². The molecule has 0 N–H and O–H groups in total. The molecular weight excluding hydrogens is 146 g/mol. The summed E-state index contributed by atoms with van der Waals surface area (Å²) in [5.41, 5.74) is 7.26. The first-order valence-corrected chi connectivity index (χ1v) is 3.30. The molecule has 0 saturated carbocycles. The third-order valence-electron chi connectivity index (χ3n) is 1.60. The zero-order valence-electron chi connectivity index (χ0n) is 6.87. The highest BCUT2D eigenvalue weighted by Gasteiger charge is 2.26. The SMILES string of the molecule is CCC(C)(C)C(=O)ON=[N+]=[N-]. The summed E-state index contributed by atoms with van der Waals surface area (Å²) in [5, 5.41) is 2.72. The molecule has 0 saturated heterocycles. The Morgan fingerprint density at radius 1 is 1.73 bits per heavy atom. The van der Waals surface area contributed by atoms with E-state index in [0.29, 0.717) is 6.42 Å². The molecule has 0 rings (SSSR count). The van der Waals surface area contributed by atoms with Crippen molar-refractivity contribution in [1.82, 2.24) is 0 Å². The monoisotopic (exact) mass is 157 g/mol. The molecule has 5 heteroatoms. The van der Waals surface area contributed by atoms with Crippen LogP contribution in [-0.4, -0.2) is 5.97 Å². The van der Waals surface area contributed by atoms with Crippen LogP contribution < -0.4 is 0 Å². The molecule has 5 nitrogen and oxygen atoms in total. The smallest absolute Gasteiger partial charge is 0.323 e. The number of hydrogen-bond acceptors (Lipinski definition) is 3. The van der Waals surface area contributed by atoms with Crippen molar-refractivity contribution in [3.8, 4) is 0 Å². The van der Waals surface area contributed by atoms with Crippen LogP contribution in [0.1, 0.15) is 27.2 Å². The first-order chi connectivity index (χ1) is 5.04. The summed E-state index contributed by atoms with van der Waals surface area (Å²) >= 11 is 0. The molecule has 0 spiro atoms. The summed E-state index contributed by atoms with van der Waals surface area (Å²) in [6, 6.07) is 0. The minimum absolute atomic E-state index is 0.502. The first kappa shape index (κ1) is 9.78. The molecule has 62 valence electrons. The lowest BCUT2D eigenvalue weighted by Crippen LogP contribution is -2.23. The van der Waals surface area contributed by atoms with Gasteiger partial charge in [0.05, 0.1) is 5.41 Å². The Morgan fingerprint density at radius 2 is 2.27 bits per heavy atom. The number of carbonyl (C=O) groups excluding carboxylic acids is 1. The van der Waals surface area contributed by atoms with E-state index in [2.05, 4.69) is 15.0 Å². The van der Waals surface area contributed by atoms with E-state index >= 15 is 0 Å². The second-order valence-electron chi connectivity index (χ2n) is 2.79. The molecule has 0 aliphatic carbocycles. The molecule has 0 aliphatic heterocycles. The Bertz CT molecular complexity index is 194. The minimum atomic E-state index is -0.575. The van der Waals surface area contributed by atoms with Gasteiger partial charge in [0, 0.05) is 4.91 Å². The van der Waals surface area contributed by atoms with Crippen molar-refractivity contribution in [2.24, 2.45) is 10.7 Å². The van der Waals surface area contributed by atoms with Gasteiger partial charge in [0.15, 0.2) is 0 Å². The van der Waals surface area contributed by atoms with Gasteiger partial charge < -0.3 is 4.84 Å². The molecule has 0 amide bonds. The molecule has 0 aliphatic rings. The molecule has 0 radical (unpaired) electrons. The van der Waals surface area contributed by atoms with E-state index in [1.165, 1.54) is 0 Å². The topological polar surface area (TPSA) is 75.1 Å². The molecular formula is C6H11N3O2. The van der Waals surface area contributed by atoms with Gasteiger partial charge in [-0.3, -0.25) is 4.79 Å². The Labute approximate surface area is 64.9 Å². The highest BCUT2D eigenvalue weighted by Crippen LogP contribution is 2.21. The predicted octanol–water partition coefficient (Wildman–Crippen LogP) is 2.19. The number of azide groups is 1. The lowest BCUT2D eigenvalue weighted by molar-refractivity contribution is -0.154. The van der Waals surface area contributed by atoms with Crippen LogP contribution in [0, 0.1) is 5.41 Å². The van der Waals surface area contributed by atoms with E-state index in [1.54, 1.807) is 13.8 Å². The van der Waals surface area contributed by atoms with Crippen molar-refractivity contribution in [3.63, 3.8) is 0 Å². The third-order valence-corrected chi connectivity index (χ3v) is 1.60. The second-order valence-corrected chi connectivity index (χ2v) is 2.79. The van der Waals surface area contributed by atoms with Crippen LogP contribution in [0.15, 0.2) is 5.28 Å². The molecule has 0 aromatic heterocycles. The summed E-state index contributed by atoms with van der Waals surface area (Å²) in [6.45, 7) is 5.31. The minimum Gasteiger partial charge on any atom is -0.358 e. The van der Waals surface area contributed by atoms with Crippen molar-refractivity contribution >= 4 is 5.97 Å². The molecule has 11 heavy (non-hydrogen) atoms. The van der Waals surface area contributed by atoms with Gasteiger partial charge in [-0.05, 0) is 25.8 Å². The fraction of sp³-hybridized carbons (Fsp3) is 0.833. The van der Waals surface area contributed by atoms with Gasteiger partial charge in [-0.2, -0.15) is 0 Å². The molecule has 0 fully saturated rings.